The van der Waals surface area contributed by atoms with E-state index in [1.807, 2.05) is 0 Å². The lowest BCUT2D eigenvalue weighted by molar-refractivity contribution is -0.0260. The minimum Gasteiger partial charge on any atom is -0.382 e. The lowest BCUT2D eigenvalue weighted by Crippen LogP contribution is -2.40. The Morgan fingerprint density at radius 1 is 0.911 bits per heavy atom. The van der Waals surface area contributed by atoms with Gasteiger partial charge in [-0.3, -0.25) is 32.5 Å². The molecule has 24 heteroatoms. The van der Waals surface area contributed by atoms with Crippen LogP contribution in [0.25, 0.3) is 22.3 Å². The van der Waals surface area contributed by atoms with Crippen molar-refractivity contribution in [2.75, 3.05) is 24.2 Å². The number of nitrogens with one attached hydrogen (secondary N) is 2. The van der Waals surface area contributed by atoms with E-state index in [-0.39, 0.29) is 34.1 Å². The first-order valence-electron chi connectivity index (χ1n) is 13.3. The molecule has 10 atom stereocenters. The van der Waals surface area contributed by atoms with Crippen LogP contribution in [0.15, 0.2) is 23.8 Å². The van der Waals surface area contributed by atoms with E-state index < -0.39 is 89.2 Å². The van der Waals surface area contributed by atoms with Gasteiger partial charge in [0.05, 0.1) is 24.9 Å². The van der Waals surface area contributed by atoms with Crippen LogP contribution in [-0.2, 0) is 27.7 Å². The molecule has 3 aliphatic rings. The number of anilines is 2. The largest absolute Gasteiger partial charge is 0.403 e. The first-order valence-corrected chi connectivity index (χ1v) is 16.7. The molecule has 3 fully saturated rings. The second-order valence-corrected chi connectivity index (χ2v) is 14.1. The monoisotopic (exact) mass is 675 g/mol. The molecule has 45 heavy (non-hydrogen) atoms. The van der Waals surface area contributed by atoms with E-state index in [0.717, 1.165) is 17.2 Å². The Labute approximate surface area is 249 Å². The number of nitrogens with zero attached hydrogens (tertiary/aromatic N) is 7. The lowest BCUT2D eigenvalue weighted by atomic mass is 10.1. The van der Waals surface area contributed by atoms with Gasteiger partial charge in [-0.25, -0.2) is 38.4 Å². The Morgan fingerprint density at radius 3 is 2.29 bits per heavy atom. The molecule has 0 aliphatic carbocycles. The molecule has 4 unspecified atom stereocenters. The Balaban J connectivity index is 1.17. The molecule has 0 aromatic carbocycles. The summed E-state index contributed by atoms with van der Waals surface area (Å²) < 4.78 is 82.7. The standard InChI is InChI=1S/C21H25F2N11O9P2/c22-9-13-7(40-19(9)33-5-28-11-15(24)26-4-27-16(11)33)1-2-44(36,37)42-14-8(3-30-45(38,39)43-13)41-20(10(14)23)34-6-29-12-17(34)31-21(25)32-18(12)35/h4-10,13-14,19-20H,1-3H2,(H,36,37)(H2,24,26,27)(H2,30,38,39)(H3,25,31,32,35)/t7-,8-,9+,10?,13?,14+,19-,20-/m1/s1. The van der Waals surface area contributed by atoms with E-state index in [0.29, 0.717) is 0 Å². The van der Waals surface area contributed by atoms with Crippen LogP contribution in [0.5, 0.6) is 0 Å². The number of alkyl halides is 2. The van der Waals surface area contributed by atoms with Crippen molar-refractivity contribution in [3.63, 3.8) is 0 Å². The molecule has 0 radical (unpaired) electrons. The maximum absolute atomic E-state index is 15.9. The predicted molar refractivity (Wildman–Crippen MR) is 147 cm³/mol. The number of nitrogens with two attached hydrogens (primary N) is 2. The quantitative estimate of drug-likeness (QED) is 0.148. The van der Waals surface area contributed by atoms with E-state index in [1.165, 1.54) is 10.9 Å². The van der Waals surface area contributed by atoms with Crippen molar-refractivity contribution in [1.29, 1.82) is 0 Å². The van der Waals surface area contributed by atoms with Gasteiger partial charge in [0.15, 0.2) is 47.4 Å². The van der Waals surface area contributed by atoms with E-state index in [2.05, 4.69) is 35.0 Å². The number of aromatic amines is 1. The fraction of sp³-hybridized carbons (Fsp3) is 0.524. The highest BCUT2D eigenvalue weighted by molar-refractivity contribution is 7.52. The topological polar surface area (TPSA) is 283 Å². The number of H-pyrrole nitrogens is 1. The zero-order valence-electron chi connectivity index (χ0n) is 22.7. The predicted octanol–water partition coefficient (Wildman–Crippen LogP) is -0.356. The van der Waals surface area contributed by atoms with Gasteiger partial charge in [-0.15, -0.1) is 0 Å². The van der Waals surface area contributed by atoms with E-state index >= 15 is 8.78 Å². The Morgan fingerprint density at radius 2 is 1.56 bits per heavy atom. The fourth-order valence-electron chi connectivity index (χ4n) is 5.61. The summed E-state index contributed by atoms with van der Waals surface area (Å²) in [5.74, 6) is -0.265. The van der Waals surface area contributed by atoms with Gasteiger partial charge >= 0.3 is 15.3 Å². The van der Waals surface area contributed by atoms with Crippen LogP contribution in [0.2, 0.25) is 0 Å². The van der Waals surface area contributed by atoms with Crippen molar-refractivity contribution in [3.05, 3.63) is 29.3 Å². The van der Waals surface area contributed by atoms with Crippen LogP contribution in [-0.4, -0.2) is 98.3 Å². The number of rotatable bonds is 2. The van der Waals surface area contributed by atoms with Crippen LogP contribution in [0.3, 0.4) is 0 Å². The summed E-state index contributed by atoms with van der Waals surface area (Å²) in [6.45, 7) is -0.654. The number of nitrogen functional groups attached to an aromatic ring is 2. The molecule has 4 aromatic rings. The third-order valence-electron chi connectivity index (χ3n) is 7.66. The molecule has 3 aliphatic heterocycles. The van der Waals surface area contributed by atoms with Gasteiger partial charge in [0, 0.05) is 6.54 Å². The molecular formula is C21H25F2N11O9P2. The molecule has 8 N–H and O–H groups in total. The summed E-state index contributed by atoms with van der Waals surface area (Å²) in [6.07, 6.45) is -11.3. The SMILES string of the molecule is Nc1nc2c(ncn2[C@@H]2O[C@@H]3CNP(=O)(O)OC4[C@@H](CCP(=O)(O)O[C@@H]3C2F)O[C@@H](n2cnc3c(N)ncnc32)[C@H]4F)c(=O)[nH]1. The van der Waals surface area contributed by atoms with E-state index in [1.54, 1.807) is 0 Å². The van der Waals surface area contributed by atoms with Gasteiger partial charge in [-0.2, -0.15) is 4.98 Å². The zero-order valence-corrected chi connectivity index (χ0v) is 24.4. The number of ether oxygens (including phenoxy) is 2. The zero-order chi connectivity index (χ0) is 31.8. The number of fused-ring (bicyclic) bond motifs is 4. The summed E-state index contributed by atoms with van der Waals surface area (Å²) in [6, 6.07) is 0. The number of imidazole rings is 2. The van der Waals surface area contributed by atoms with Gasteiger partial charge < -0.3 is 30.7 Å². The van der Waals surface area contributed by atoms with E-state index in [9.17, 15) is 23.7 Å². The minimum atomic E-state index is -4.86. The number of aromatic nitrogens is 8. The van der Waals surface area contributed by atoms with Crippen molar-refractivity contribution >= 4 is 49.4 Å². The third-order valence-corrected chi connectivity index (χ3v) is 10.2. The number of halogens is 2. The maximum Gasteiger partial charge on any atom is 0.403 e. The maximum atomic E-state index is 15.9. The number of hydrogen-bond acceptors (Lipinski definition) is 14. The minimum absolute atomic E-state index is 0.0220. The van der Waals surface area contributed by atoms with Gasteiger partial charge in [-0.05, 0) is 6.42 Å². The average molecular weight is 675 g/mol. The molecule has 0 bridgehead atoms. The van der Waals surface area contributed by atoms with Crippen LogP contribution in [0.4, 0.5) is 20.5 Å². The summed E-state index contributed by atoms with van der Waals surface area (Å²) in [7, 11) is -9.51. The number of hydrogen-bond donors (Lipinski definition) is 6. The summed E-state index contributed by atoms with van der Waals surface area (Å²) in [5, 5.41) is 2.19. The summed E-state index contributed by atoms with van der Waals surface area (Å²) >= 11 is 0. The molecule has 4 aromatic heterocycles. The van der Waals surface area contributed by atoms with Crippen molar-refractivity contribution < 1.29 is 46.2 Å². The normalized spacial score (nSPS) is 37.7. The molecule has 7 rings (SSSR count). The van der Waals surface area contributed by atoms with Gasteiger partial charge in [0.2, 0.25) is 5.95 Å². The molecular weight excluding hydrogens is 650 g/mol. The highest BCUT2D eigenvalue weighted by Gasteiger charge is 2.54. The van der Waals surface area contributed by atoms with Crippen LogP contribution in [0, 0.1) is 0 Å². The van der Waals surface area contributed by atoms with E-state index in [4.69, 9.17) is 30.0 Å². The van der Waals surface area contributed by atoms with Crippen LogP contribution in [0.1, 0.15) is 18.9 Å². The van der Waals surface area contributed by atoms with Gasteiger partial charge in [-0.1, -0.05) is 0 Å². The van der Waals surface area contributed by atoms with Crippen LogP contribution < -0.4 is 22.1 Å². The molecule has 0 spiro atoms. The molecule has 20 nitrogen and oxygen atoms in total. The lowest BCUT2D eigenvalue weighted by Gasteiger charge is -2.28. The first-order chi connectivity index (χ1) is 21.3. The van der Waals surface area contributed by atoms with Crippen molar-refractivity contribution in [3.8, 4) is 0 Å². The Kier molecular flexibility index (Phi) is 7.26. The average Bonchev–Trinajstić information content (AvgIpc) is 3.72. The molecule has 242 valence electrons. The molecule has 3 saturated heterocycles. The second-order valence-electron chi connectivity index (χ2n) is 10.5. The van der Waals surface area contributed by atoms with Crippen molar-refractivity contribution in [1.82, 2.24) is 44.1 Å². The molecule has 7 heterocycles. The van der Waals surface area contributed by atoms with Crippen molar-refractivity contribution in [2.24, 2.45) is 0 Å². The summed E-state index contributed by atoms with van der Waals surface area (Å²) in [5.41, 5.74) is 10.7. The smallest absolute Gasteiger partial charge is 0.382 e. The fourth-order valence-corrected chi connectivity index (χ4v) is 8.00. The third kappa shape index (κ3) is 5.30. The Bertz CT molecular complexity index is 1940. The molecule has 0 saturated carbocycles. The van der Waals surface area contributed by atoms with Gasteiger partial charge in [0.1, 0.15) is 30.2 Å². The molecule has 0 amide bonds. The van der Waals surface area contributed by atoms with Gasteiger partial charge in [0.25, 0.3) is 5.56 Å². The van der Waals surface area contributed by atoms with Crippen LogP contribution >= 0.6 is 15.3 Å². The Hall–Kier alpha value is -3.46. The summed E-state index contributed by atoms with van der Waals surface area (Å²) in [4.78, 5) is 55.7. The van der Waals surface area contributed by atoms with Crippen molar-refractivity contribution in [2.45, 2.75) is 55.6 Å². The highest BCUT2D eigenvalue weighted by atomic mass is 31.2. The highest BCUT2D eigenvalue weighted by Crippen LogP contribution is 2.52. The second kappa shape index (κ2) is 10.8. The first kappa shape index (κ1) is 30.2.